The zero-order valence-corrected chi connectivity index (χ0v) is 18.0. The topological polar surface area (TPSA) is 65.2 Å². The van der Waals surface area contributed by atoms with E-state index in [0.717, 1.165) is 53.1 Å². The maximum Gasteiger partial charge on any atom is 0.151 e. The van der Waals surface area contributed by atoms with Gasteiger partial charge < -0.3 is 19.8 Å². The molecule has 0 unspecified atom stereocenters. The van der Waals surface area contributed by atoms with E-state index in [9.17, 15) is 0 Å². The fourth-order valence-electron chi connectivity index (χ4n) is 2.69. The molecule has 0 aliphatic carbocycles. The van der Waals surface area contributed by atoms with Crippen LogP contribution in [0.5, 0.6) is 5.75 Å². The van der Waals surface area contributed by atoms with E-state index in [1.807, 2.05) is 45.2 Å². The van der Waals surface area contributed by atoms with Gasteiger partial charge in [-0.2, -0.15) is 5.10 Å². The first-order valence-electron chi connectivity index (χ1n) is 8.72. The number of rotatable bonds is 7. The van der Waals surface area contributed by atoms with E-state index in [1.54, 1.807) is 6.20 Å². The minimum Gasteiger partial charge on any atom is -0.574 e. The second-order valence-corrected chi connectivity index (χ2v) is 6.47. The number of unbranched alkanes of at least 4 members (excludes halogenated alkanes) is 1. The van der Waals surface area contributed by atoms with Crippen LogP contribution in [0.4, 0.5) is 5.82 Å². The van der Waals surface area contributed by atoms with Crippen LogP contribution in [0.3, 0.4) is 0 Å². The molecule has 0 saturated carbocycles. The van der Waals surface area contributed by atoms with E-state index in [-0.39, 0.29) is 26.2 Å². The fraction of sp³-hybridized carbons (Fsp3) is 0.421. The van der Waals surface area contributed by atoms with Gasteiger partial charge in [-0.3, -0.25) is 0 Å². The number of aromatic nitrogens is 4. The second-order valence-electron chi connectivity index (χ2n) is 6.47. The maximum absolute atomic E-state index is 5.80. The van der Waals surface area contributed by atoms with E-state index in [1.165, 1.54) is 0 Å². The Kier molecular flexibility index (Phi) is 7.12. The quantitative estimate of drug-likeness (QED) is 0.465. The number of nitrogens with zero attached hydrogens (tertiary/aromatic N) is 5. The summed E-state index contributed by atoms with van der Waals surface area (Å²) < 4.78 is 5.80. The van der Waals surface area contributed by atoms with Crippen molar-refractivity contribution in [1.29, 1.82) is 0 Å². The normalized spacial score (nSPS) is 10.8. The van der Waals surface area contributed by atoms with Crippen LogP contribution in [-0.2, 0) is 20.1 Å². The predicted molar refractivity (Wildman–Crippen MR) is 100 cm³/mol. The standard InChI is InChI=1S/C19H24N5O.Ir/c1-5-6-9-24(4)18-10-14(12-20-22-18)19-16-11-15(25-13(2)3)7-8-17(16)21-23-19;/h7-8,10-13H,5-6,9H2,1-4H3;/q-1;. The first-order valence-corrected chi connectivity index (χ1v) is 8.72. The summed E-state index contributed by atoms with van der Waals surface area (Å²) in [6, 6.07) is 7.87. The minimum atomic E-state index is 0. The molecule has 1 aromatic carbocycles. The Bertz CT molecular complexity index is 849. The molecule has 26 heavy (non-hydrogen) atoms. The predicted octanol–water partition coefficient (Wildman–Crippen LogP) is 3.67. The molecule has 0 aliphatic heterocycles. The van der Waals surface area contributed by atoms with E-state index < -0.39 is 0 Å². The molecule has 0 bridgehead atoms. The molecule has 2 aromatic heterocycles. The van der Waals surface area contributed by atoms with Gasteiger partial charge in [-0.15, -0.1) is 10.6 Å². The van der Waals surface area contributed by atoms with Gasteiger partial charge in [0, 0.05) is 39.3 Å². The number of ether oxygens (including phenoxy) is 1. The molecular formula is C19H24IrN5O-. The van der Waals surface area contributed by atoms with E-state index >= 15 is 0 Å². The third-order valence-electron chi connectivity index (χ3n) is 4.01. The largest absolute Gasteiger partial charge is 0.574 e. The van der Waals surface area contributed by atoms with Crippen LogP contribution in [0.25, 0.3) is 22.2 Å². The van der Waals surface area contributed by atoms with Crippen LogP contribution in [0.15, 0.2) is 30.5 Å². The minimum absolute atomic E-state index is 0. The van der Waals surface area contributed by atoms with Gasteiger partial charge in [0.1, 0.15) is 5.75 Å². The van der Waals surface area contributed by atoms with Crippen LogP contribution < -0.4 is 14.7 Å². The van der Waals surface area contributed by atoms with Crippen molar-refractivity contribution >= 4 is 16.7 Å². The molecule has 3 rings (SSSR count). The molecule has 0 fully saturated rings. The van der Waals surface area contributed by atoms with Gasteiger partial charge in [-0.25, -0.2) is 0 Å². The fourth-order valence-corrected chi connectivity index (χ4v) is 2.69. The van der Waals surface area contributed by atoms with Crippen LogP contribution in [0.2, 0.25) is 0 Å². The van der Waals surface area contributed by atoms with Gasteiger partial charge in [-0.05, 0) is 43.9 Å². The molecule has 0 aliphatic rings. The van der Waals surface area contributed by atoms with Crippen LogP contribution in [-0.4, -0.2) is 35.0 Å². The van der Waals surface area contributed by atoms with Crippen LogP contribution in [0, 0.1) is 0 Å². The summed E-state index contributed by atoms with van der Waals surface area (Å²) in [4.78, 5) is 2.12. The van der Waals surface area contributed by atoms with Crippen molar-refractivity contribution in [3.8, 4) is 17.0 Å². The van der Waals surface area contributed by atoms with Gasteiger partial charge in [0.05, 0.1) is 18.0 Å². The summed E-state index contributed by atoms with van der Waals surface area (Å²) in [6.07, 6.45) is 4.13. The smallest absolute Gasteiger partial charge is 0.151 e. The van der Waals surface area contributed by atoms with Crippen molar-refractivity contribution in [3.63, 3.8) is 0 Å². The first kappa shape index (κ1) is 20.3. The average molecular weight is 531 g/mol. The molecule has 0 atom stereocenters. The Morgan fingerprint density at radius 2 is 2.04 bits per heavy atom. The molecule has 3 aromatic rings. The van der Waals surface area contributed by atoms with E-state index in [2.05, 4.69) is 32.2 Å². The van der Waals surface area contributed by atoms with Crippen molar-refractivity contribution < 1.29 is 24.8 Å². The number of anilines is 1. The van der Waals surface area contributed by atoms with Crippen LogP contribution >= 0.6 is 0 Å². The summed E-state index contributed by atoms with van der Waals surface area (Å²) in [5.74, 6) is 1.66. The van der Waals surface area contributed by atoms with E-state index in [0.29, 0.717) is 0 Å². The van der Waals surface area contributed by atoms with Crippen LogP contribution in [0.1, 0.15) is 33.6 Å². The molecule has 1 radical (unpaired) electrons. The van der Waals surface area contributed by atoms with Gasteiger partial charge in [-0.1, -0.05) is 19.4 Å². The third kappa shape index (κ3) is 4.59. The second kappa shape index (κ2) is 9.10. The Morgan fingerprint density at radius 1 is 1.23 bits per heavy atom. The Labute approximate surface area is 167 Å². The molecule has 6 nitrogen and oxygen atoms in total. The van der Waals surface area contributed by atoms with Crippen molar-refractivity contribution in [2.45, 2.75) is 39.7 Å². The van der Waals surface area contributed by atoms with Crippen molar-refractivity contribution in [2.75, 3.05) is 18.5 Å². The molecule has 0 saturated heterocycles. The monoisotopic (exact) mass is 531 g/mol. The van der Waals surface area contributed by atoms with Crippen molar-refractivity contribution in [2.24, 2.45) is 0 Å². The zero-order valence-electron chi connectivity index (χ0n) is 15.6. The number of hydrogen-bond donors (Lipinski definition) is 0. The van der Waals surface area contributed by atoms with Crippen molar-refractivity contribution in [1.82, 2.24) is 20.4 Å². The Balaban J connectivity index is 0.00000243. The Morgan fingerprint density at radius 3 is 2.77 bits per heavy atom. The molecule has 2 heterocycles. The molecule has 7 heteroatoms. The third-order valence-corrected chi connectivity index (χ3v) is 4.01. The van der Waals surface area contributed by atoms with Gasteiger partial charge in [0.2, 0.25) is 0 Å². The summed E-state index contributed by atoms with van der Waals surface area (Å²) in [6.45, 7) is 7.16. The molecule has 0 amide bonds. The summed E-state index contributed by atoms with van der Waals surface area (Å²) in [5.41, 5.74) is 2.57. The van der Waals surface area contributed by atoms with Crippen molar-refractivity contribution in [3.05, 3.63) is 30.5 Å². The molecular weight excluding hydrogens is 506 g/mol. The maximum atomic E-state index is 5.80. The zero-order chi connectivity index (χ0) is 17.8. The van der Waals surface area contributed by atoms with E-state index in [4.69, 9.17) is 4.74 Å². The summed E-state index contributed by atoms with van der Waals surface area (Å²) >= 11 is 0. The SMILES string of the molecule is CCCCN(C)c1cc(-c2n[n-]c3ccc(OC(C)C)cc23)cnn1.[Ir]. The molecule has 0 spiro atoms. The summed E-state index contributed by atoms with van der Waals surface area (Å²) in [7, 11) is 2.03. The van der Waals surface area contributed by atoms with Gasteiger partial charge >= 0.3 is 0 Å². The number of benzene rings is 1. The Hall–Kier alpha value is -1.98. The van der Waals surface area contributed by atoms with Gasteiger partial charge in [0.15, 0.2) is 5.82 Å². The molecule has 0 N–H and O–H groups in total. The first-order chi connectivity index (χ1) is 12.1. The number of hydrogen-bond acceptors (Lipinski definition) is 5. The van der Waals surface area contributed by atoms with Gasteiger partial charge in [0.25, 0.3) is 0 Å². The summed E-state index contributed by atoms with van der Waals surface area (Å²) in [5, 5.41) is 18.0. The molecule has 141 valence electrons. The number of fused-ring (bicyclic) bond motifs is 1. The average Bonchev–Trinajstić information content (AvgIpc) is 3.02.